The van der Waals surface area contributed by atoms with Crippen LogP contribution in [0.1, 0.15) is 44.4 Å². The molecule has 0 spiro atoms. The Labute approximate surface area is 194 Å². The molecule has 32 heavy (non-hydrogen) atoms. The minimum atomic E-state index is -1.39. The maximum atomic E-state index is 13.7. The number of amides is 1. The van der Waals surface area contributed by atoms with Gasteiger partial charge in [-0.3, -0.25) is 4.79 Å². The van der Waals surface area contributed by atoms with E-state index < -0.39 is 8.80 Å². The number of carbonyl (C=O) groups is 1. The fourth-order valence-corrected chi connectivity index (χ4v) is 7.14. The Hall–Kier alpha value is -2.37. The Kier molecular flexibility index (Phi) is 7.31. The summed E-state index contributed by atoms with van der Waals surface area (Å²) < 4.78 is 11.2. The third-order valence-corrected chi connectivity index (χ3v) is 9.34. The maximum absolute atomic E-state index is 13.7. The summed E-state index contributed by atoms with van der Waals surface area (Å²) in [7, 11) is 0.271. The number of hydrogen-bond acceptors (Lipinski definition) is 3. The van der Waals surface area contributed by atoms with Gasteiger partial charge in [0, 0.05) is 5.54 Å². The van der Waals surface area contributed by atoms with E-state index in [2.05, 4.69) is 69.6 Å². The van der Waals surface area contributed by atoms with Gasteiger partial charge in [-0.1, -0.05) is 67.7 Å². The van der Waals surface area contributed by atoms with Gasteiger partial charge in [-0.15, -0.1) is 0 Å². The van der Waals surface area contributed by atoms with Crippen molar-refractivity contribution in [2.45, 2.75) is 63.5 Å². The lowest BCUT2D eigenvalue weighted by molar-refractivity contribution is -0.164. The maximum Gasteiger partial charge on any atom is 0.229 e. The van der Waals surface area contributed by atoms with Gasteiger partial charge in [0.15, 0.2) is 0 Å². The van der Waals surface area contributed by atoms with Crippen LogP contribution in [0.25, 0.3) is 0 Å². The number of nitrogens with zero attached hydrogens (tertiary/aromatic N) is 1. The highest BCUT2D eigenvalue weighted by atomic mass is 28.3. The zero-order valence-corrected chi connectivity index (χ0v) is 21.5. The molecule has 0 aromatic heterocycles. The van der Waals surface area contributed by atoms with Crippen LogP contribution in [0.4, 0.5) is 0 Å². The second kappa shape index (κ2) is 9.63. The van der Waals surface area contributed by atoms with Crippen LogP contribution in [0.3, 0.4) is 0 Å². The van der Waals surface area contributed by atoms with Gasteiger partial charge < -0.3 is 14.4 Å². The number of rotatable bonds is 9. The van der Waals surface area contributed by atoms with Gasteiger partial charge in [-0.05, 0) is 50.5 Å². The van der Waals surface area contributed by atoms with Crippen LogP contribution in [0.5, 0.6) is 5.75 Å². The lowest BCUT2D eigenvalue weighted by atomic mass is 9.74. The van der Waals surface area contributed by atoms with Gasteiger partial charge in [0.1, 0.15) is 5.75 Å². The highest BCUT2D eigenvalue weighted by molar-refractivity contribution is 6.65. The highest BCUT2D eigenvalue weighted by Gasteiger charge is 2.64. The molecule has 1 amide bonds. The van der Waals surface area contributed by atoms with E-state index in [-0.39, 0.29) is 22.5 Å². The minimum absolute atomic E-state index is 0.0844. The van der Waals surface area contributed by atoms with Crippen molar-refractivity contribution < 1.29 is 14.3 Å². The van der Waals surface area contributed by atoms with E-state index >= 15 is 0 Å². The molecule has 1 fully saturated rings. The number of benzene rings is 2. The molecule has 1 saturated heterocycles. The fourth-order valence-electron chi connectivity index (χ4n) is 4.84. The minimum Gasteiger partial charge on any atom is -0.497 e. The summed E-state index contributed by atoms with van der Waals surface area (Å²) in [6.07, 6.45) is 0.685. The van der Waals surface area contributed by atoms with Crippen LogP contribution in [0.15, 0.2) is 66.7 Å². The quantitative estimate of drug-likeness (QED) is 0.276. The van der Waals surface area contributed by atoms with Gasteiger partial charge in [0.25, 0.3) is 0 Å². The van der Waals surface area contributed by atoms with Gasteiger partial charge >= 0.3 is 0 Å². The van der Waals surface area contributed by atoms with Crippen molar-refractivity contribution in [2.75, 3.05) is 13.7 Å². The molecule has 2 aromatic carbocycles. The molecule has 2 atom stereocenters. The van der Waals surface area contributed by atoms with E-state index in [4.69, 9.17) is 9.47 Å². The molecule has 0 radical (unpaired) electrons. The molecule has 172 valence electrons. The standard InChI is InChI=1S/C27H37NO3Si/c1-20(18-31-19-21-13-15-23(30-5)16-14-21)17-27(32(6)7)24(22-11-9-8-10-12-22)28(25(27)29)26(2,3)4/h8-16,24,32H,1,17-19H2,2-7H3/t24-,27?/m1/s1. The molecule has 2 aromatic rings. The number of likely N-dealkylation sites (tertiary alicyclic amines) is 1. The summed E-state index contributed by atoms with van der Waals surface area (Å²) >= 11 is 0. The predicted octanol–water partition coefficient (Wildman–Crippen LogP) is 5.77. The predicted molar refractivity (Wildman–Crippen MR) is 134 cm³/mol. The Bertz CT molecular complexity index is 934. The largest absolute Gasteiger partial charge is 0.497 e. The molecule has 1 heterocycles. The number of ether oxygens (including phenoxy) is 2. The molecule has 3 rings (SSSR count). The molecule has 1 aliphatic heterocycles. The third-order valence-electron chi connectivity index (χ3n) is 6.51. The van der Waals surface area contributed by atoms with Gasteiger partial charge in [0.05, 0.1) is 40.2 Å². The zero-order valence-electron chi connectivity index (χ0n) is 20.4. The van der Waals surface area contributed by atoms with Crippen LogP contribution in [0.2, 0.25) is 18.1 Å². The Morgan fingerprint density at radius 2 is 1.72 bits per heavy atom. The van der Waals surface area contributed by atoms with Crippen LogP contribution in [-0.4, -0.2) is 38.9 Å². The molecule has 0 bridgehead atoms. The lowest BCUT2D eigenvalue weighted by Crippen LogP contribution is -2.68. The molecule has 4 nitrogen and oxygen atoms in total. The van der Waals surface area contributed by atoms with E-state index in [1.165, 1.54) is 5.56 Å². The molecular formula is C27H37NO3Si. The summed E-state index contributed by atoms with van der Waals surface area (Å²) in [5.41, 5.74) is 3.07. The van der Waals surface area contributed by atoms with Crippen molar-refractivity contribution in [3.05, 3.63) is 77.9 Å². The van der Waals surface area contributed by atoms with E-state index in [9.17, 15) is 4.79 Å². The molecular weight excluding hydrogens is 414 g/mol. The van der Waals surface area contributed by atoms with Gasteiger partial charge in [-0.2, -0.15) is 0 Å². The summed E-state index contributed by atoms with van der Waals surface area (Å²) in [6.45, 7) is 16.2. The first kappa shape index (κ1) is 24.3. The lowest BCUT2D eigenvalue weighted by Gasteiger charge is -2.63. The summed E-state index contributed by atoms with van der Waals surface area (Å²) in [5.74, 6) is 1.11. The number of methoxy groups -OCH3 is 1. The summed E-state index contributed by atoms with van der Waals surface area (Å²) in [6, 6.07) is 18.5. The van der Waals surface area contributed by atoms with Crippen molar-refractivity contribution >= 4 is 14.7 Å². The number of β-lactam (4-membered cyclic amide) rings is 1. The normalized spacial score (nSPS) is 20.9. The van der Waals surface area contributed by atoms with Gasteiger partial charge in [-0.25, -0.2) is 0 Å². The highest BCUT2D eigenvalue weighted by Crippen LogP contribution is 2.63. The SMILES string of the molecule is C=C(COCc1ccc(OC)cc1)CC1([SiH](C)C)C(=O)N(C(C)(C)C)[C@@H]1c1ccccc1. The van der Waals surface area contributed by atoms with Crippen molar-refractivity contribution in [2.24, 2.45) is 0 Å². The molecule has 0 aliphatic carbocycles. The van der Waals surface area contributed by atoms with Crippen molar-refractivity contribution in [3.8, 4) is 5.75 Å². The molecule has 1 unspecified atom stereocenters. The molecule has 1 aliphatic rings. The Morgan fingerprint density at radius 3 is 2.25 bits per heavy atom. The Morgan fingerprint density at radius 1 is 1.09 bits per heavy atom. The molecule has 0 N–H and O–H groups in total. The number of hydrogen-bond donors (Lipinski definition) is 0. The second-order valence-electron chi connectivity index (χ2n) is 10.1. The second-order valence-corrected chi connectivity index (χ2v) is 13.5. The topological polar surface area (TPSA) is 38.8 Å². The Balaban J connectivity index is 1.75. The van der Waals surface area contributed by atoms with E-state index in [1.54, 1.807) is 7.11 Å². The average Bonchev–Trinajstić information content (AvgIpc) is 2.75. The zero-order chi connectivity index (χ0) is 23.5. The molecule has 0 saturated carbocycles. The first-order valence-electron chi connectivity index (χ1n) is 11.4. The smallest absolute Gasteiger partial charge is 0.229 e. The fraction of sp³-hybridized carbons (Fsp3) is 0.444. The van der Waals surface area contributed by atoms with Crippen LogP contribution < -0.4 is 4.74 Å². The molecule has 5 heteroatoms. The summed E-state index contributed by atoms with van der Waals surface area (Å²) in [5, 5.41) is -0.366. The van der Waals surface area contributed by atoms with Crippen molar-refractivity contribution in [1.29, 1.82) is 0 Å². The first-order chi connectivity index (χ1) is 15.1. The summed E-state index contributed by atoms with van der Waals surface area (Å²) in [4.78, 5) is 15.8. The van der Waals surface area contributed by atoms with Gasteiger partial charge in [0.2, 0.25) is 5.91 Å². The van der Waals surface area contributed by atoms with E-state index in [0.717, 1.165) is 16.9 Å². The third kappa shape index (κ3) is 4.69. The van der Waals surface area contributed by atoms with Crippen molar-refractivity contribution in [1.82, 2.24) is 4.90 Å². The number of carbonyl (C=O) groups excluding carboxylic acids is 1. The van der Waals surface area contributed by atoms with Crippen molar-refractivity contribution in [3.63, 3.8) is 0 Å². The average molecular weight is 452 g/mol. The van der Waals surface area contributed by atoms with Crippen LogP contribution in [0, 0.1) is 0 Å². The van der Waals surface area contributed by atoms with Crippen LogP contribution >= 0.6 is 0 Å². The first-order valence-corrected chi connectivity index (χ1v) is 14.3. The van der Waals surface area contributed by atoms with E-state index in [0.29, 0.717) is 19.6 Å². The van der Waals surface area contributed by atoms with Crippen LogP contribution in [-0.2, 0) is 16.1 Å². The van der Waals surface area contributed by atoms with E-state index in [1.807, 2.05) is 30.3 Å². The monoisotopic (exact) mass is 451 g/mol.